The third kappa shape index (κ3) is 5.26. The highest BCUT2D eigenvalue weighted by Crippen LogP contribution is 2.29. The average Bonchev–Trinajstić information content (AvgIpc) is 3.23. The van der Waals surface area contributed by atoms with Gasteiger partial charge in [-0.25, -0.2) is 12.8 Å². The second kappa shape index (κ2) is 10.3. The molecule has 1 aromatic heterocycles. The largest absolute Gasteiger partial charge is 0.355 e. The first kappa shape index (κ1) is 23.8. The average molecular weight is 484 g/mol. The Morgan fingerprint density at radius 3 is 2.68 bits per heavy atom. The Labute approximate surface area is 198 Å². The van der Waals surface area contributed by atoms with Crippen LogP contribution in [0.4, 0.5) is 4.39 Å². The zero-order valence-corrected chi connectivity index (χ0v) is 19.6. The minimum absolute atomic E-state index is 0.0244. The SMILES string of the molecule is Cc1noc(/C=C/c2ccccc2F)c1S(=O)(=O)N1CCC[C@@H](C(=O)NCc2ccccc2)C1. The van der Waals surface area contributed by atoms with Crippen LogP contribution in [0.3, 0.4) is 0 Å². The van der Waals surface area contributed by atoms with Gasteiger partial charge in [0, 0.05) is 25.2 Å². The molecule has 34 heavy (non-hydrogen) atoms. The minimum atomic E-state index is -3.98. The summed E-state index contributed by atoms with van der Waals surface area (Å²) in [6.07, 6.45) is 4.02. The molecule has 0 unspecified atom stereocenters. The van der Waals surface area contributed by atoms with Crippen molar-refractivity contribution in [3.05, 3.63) is 83.0 Å². The summed E-state index contributed by atoms with van der Waals surface area (Å²) in [5.74, 6) is -1.04. The molecule has 0 radical (unpaired) electrons. The van der Waals surface area contributed by atoms with Gasteiger partial charge in [0.05, 0.1) is 5.92 Å². The summed E-state index contributed by atoms with van der Waals surface area (Å²) in [5, 5.41) is 6.73. The number of benzene rings is 2. The first-order valence-corrected chi connectivity index (χ1v) is 12.5. The zero-order chi connectivity index (χ0) is 24.1. The van der Waals surface area contributed by atoms with Crippen LogP contribution in [0, 0.1) is 18.7 Å². The van der Waals surface area contributed by atoms with Gasteiger partial charge in [0.2, 0.25) is 15.9 Å². The standard InChI is InChI=1S/C25H26FN3O4S/c1-18-24(23(33-28-18)14-13-20-10-5-6-12-22(20)26)34(31,32)29-15-7-11-21(17-29)25(30)27-16-19-8-3-2-4-9-19/h2-6,8-10,12-14,21H,7,11,15-17H2,1H3,(H,27,30)/b14-13+/t21-/m1/s1. The molecule has 1 aliphatic heterocycles. The number of nitrogens with one attached hydrogen (secondary N) is 1. The van der Waals surface area contributed by atoms with Crippen LogP contribution < -0.4 is 5.32 Å². The maximum atomic E-state index is 14.0. The molecule has 1 atom stereocenters. The van der Waals surface area contributed by atoms with E-state index in [-0.39, 0.29) is 28.8 Å². The smallest absolute Gasteiger partial charge is 0.248 e. The lowest BCUT2D eigenvalue weighted by Gasteiger charge is -2.31. The van der Waals surface area contributed by atoms with E-state index >= 15 is 0 Å². The third-order valence-electron chi connectivity index (χ3n) is 5.82. The van der Waals surface area contributed by atoms with Crippen LogP contribution in [0.25, 0.3) is 12.2 Å². The highest BCUT2D eigenvalue weighted by atomic mass is 32.2. The van der Waals surface area contributed by atoms with Gasteiger partial charge in [-0.15, -0.1) is 0 Å². The van der Waals surface area contributed by atoms with Crippen molar-refractivity contribution in [3.63, 3.8) is 0 Å². The van der Waals surface area contributed by atoms with Gasteiger partial charge in [-0.3, -0.25) is 4.79 Å². The highest BCUT2D eigenvalue weighted by molar-refractivity contribution is 7.89. The molecule has 0 bridgehead atoms. The first-order chi connectivity index (χ1) is 16.4. The number of aromatic nitrogens is 1. The molecule has 1 fully saturated rings. The number of piperidine rings is 1. The van der Waals surface area contributed by atoms with E-state index in [4.69, 9.17) is 4.52 Å². The van der Waals surface area contributed by atoms with Crippen LogP contribution >= 0.6 is 0 Å². The molecule has 1 aliphatic rings. The van der Waals surface area contributed by atoms with Crippen molar-refractivity contribution in [1.29, 1.82) is 0 Å². The number of aryl methyl sites for hydroxylation is 1. The Balaban J connectivity index is 1.50. The Hall–Kier alpha value is -3.30. The summed E-state index contributed by atoms with van der Waals surface area (Å²) < 4.78 is 47.5. The summed E-state index contributed by atoms with van der Waals surface area (Å²) in [6, 6.07) is 15.7. The quantitative estimate of drug-likeness (QED) is 0.548. The number of rotatable bonds is 7. The molecule has 2 heterocycles. The van der Waals surface area contributed by atoms with Gasteiger partial charge in [-0.2, -0.15) is 4.31 Å². The van der Waals surface area contributed by atoms with Crippen LogP contribution in [0.1, 0.15) is 35.4 Å². The molecule has 7 nitrogen and oxygen atoms in total. The summed E-state index contributed by atoms with van der Waals surface area (Å²) in [6.45, 7) is 2.30. The van der Waals surface area contributed by atoms with Crippen LogP contribution in [-0.2, 0) is 21.4 Å². The summed E-state index contributed by atoms with van der Waals surface area (Å²) >= 11 is 0. The van der Waals surface area contributed by atoms with Crippen LogP contribution in [0.2, 0.25) is 0 Å². The highest BCUT2D eigenvalue weighted by Gasteiger charge is 2.36. The topological polar surface area (TPSA) is 92.5 Å². The van der Waals surface area contributed by atoms with Crippen LogP contribution in [0.5, 0.6) is 0 Å². The van der Waals surface area contributed by atoms with E-state index in [1.54, 1.807) is 25.1 Å². The number of carbonyl (C=O) groups is 1. The molecular formula is C25H26FN3O4S. The number of sulfonamides is 1. The normalized spacial score (nSPS) is 17.2. The maximum Gasteiger partial charge on any atom is 0.248 e. The van der Waals surface area contributed by atoms with Crippen molar-refractivity contribution >= 4 is 28.1 Å². The number of hydrogen-bond acceptors (Lipinski definition) is 5. The lowest BCUT2D eigenvalue weighted by atomic mass is 9.99. The fourth-order valence-corrected chi connectivity index (χ4v) is 5.78. The zero-order valence-electron chi connectivity index (χ0n) is 18.8. The monoisotopic (exact) mass is 483 g/mol. The molecule has 0 spiro atoms. The molecule has 1 amide bonds. The maximum absolute atomic E-state index is 14.0. The van der Waals surface area contributed by atoms with Crippen LogP contribution in [0.15, 0.2) is 64.0 Å². The lowest BCUT2D eigenvalue weighted by molar-refractivity contribution is -0.126. The minimum Gasteiger partial charge on any atom is -0.355 e. The number of amides is 1. The number of carbonyl (C=O) groups excluding carboxylic acids is 1. The second-order valence-corrected chi connectivity index (χ2v) is 10.1. The van der Waals surface area contributed by atoms with Gasteiger partial charge >= 0.3 is 0 Å². The summed E-state index contributed by atoms with van der Waals surface area (Å²) in [7, 11) is -3.98. The molecular weight excluding hydrogens is 457 g/mol. The van der Waals surface area contributed by atoms with Crippen molar-refractivity contribution < 1.29 is 22.1 Å². The molecule has 2 aromatic carbocycles. The molecule has 9 heteroatoms. The molecule has 4 rings (SSSR count). The van der Waals surface area contributed by atoms with Gasteiger partial charge in [0.1, 0.15) is 11.5 Å². The van der Waals surface area contributed by atoms with Gasteiger partial charge in [-0.1, -0.05) is 53.7 Å². The molecule has 0 aliphatic carbocycles. The second-order valence-electron chi connectivity index (χ2n) is 8.22. The summed E-state index contributed by atoms with van der Waals surface area (Å²) in [4.78, 5) is 12.7. The summed E-state index contributed by atoms with van der Waals surface area (Å²) in [5.41, 5.74) is 1.49. The van der Waals surface area contributed by atoms with Crippen LogP contribution in [-0.4, -0.2) is 36.9 Å². The predicted octanol–water partition coefficient (Wildman–Crippen LogP) is 4.01. The molecule has 0 saturated carbocycles. The number of halogens is 1. The van der Waals surface area contributed by atoms with Crippen molar-refractivity contribution in [2.45, 2.75) is 31.2 Å². The van der Waals surface area contributed by atoms with E-state index < -0.39 is 21.8 Å². The van der Waals surface area contributed by atoms with Crippen molar-refractivity contribution in [1.82, 2.24) is 14.8 Å². The third-order valence-corrected chi connectivity index (χ3v) is 7.84. The molecule has 1 N–H and O–H groups in total. The van der Waals surface area contributed by atoms with E-state index in [9.17, 15) is 17.6 Å². The Bertz CT molecular complexity index is 1290. The van der Waals surface area contributed by atoms with Gasteiger partial charge in [0.15, 0.2) is 10.7 Å². The van der Waals surface area contributed by atoms with Gasteiger partial charge < -0.3 is 9.84 Å². The van der Waals surface area contributed by atoms with Crippen molar-refractivity contribution in [2.75, 3.05) is 13.1 Å². The van der Waals surface area contributed by atoms with E-state index in [2.05, 4.69) is 10.5 Å². The Morgan fingerprint density at radius 1 is 1.18 bits per heavy atom. The fourth-order valence-electron chi connectivity index (χ4n) is 4.01. The number of hydrogen-bond donors (Lipinski definition) is 1. The molecule has 3 aromatic rings. The molecule has 178 valence electrons. The van der Waals surface area contributed by atoms with Gasteiger partial charge in [0.25, 0.3) is 0 Å². The lowest BCUT2D eigenvalue weighted by Crippen LogP contribution is -2.45. The van der Waals surface area contributed by atoms with Gasteiger partial charge in [-0.05, 0) is 43.5 Å². The van der Waals surface area contributed by atoms with E-state index in [0.717, 1.165) is 5.56 Å². The van der Waals surface area contributed by atoms with Crippen molar-refractivity contribution in [2.24, 2.45) is 5.92 Å². The Morgan fingerprint density at radius 2 is 1.91 bits per heavy atom. The first-order valence-electron chi connectivity index (χ1n) is 11.1. The van der Waals surface area contributed by atoms with E-state index in [0.29, 0.717) is 31.5 Å². The fraction of sp³-hybridized carbons (Fsp3) is 0.280. The van der Waals surface area contributed by atoms with E-state index in [1.807, 2.05) is 30.3 Å². The molecule has 1 saturated heterocycles. The Kier molecular flexibility index (Phi) is 7.23. The van der Waals surface area contributed by atoms with E-state index in [1.165, 1.54) is 22.5 Å². The van der Waals surface area contributed by atoms with Crippen molar-refractivity contribution in [3.8, 4) is 0 Å². The number of nitrogens with zero attached hydrogens (tertiary/aromatic N) is 2. The predicted molar refractivity (Wildman–Crippen MR) is 126 cm³/mol.